The van der Waals surface area contributed by atoms with Crippen molar-refractivity contribution >= 4 is 0 Å². The van der Waals surface area contributed by atoms with Crippen LogP contribution in [0.2, 0.25) is 0 Å². The topological polar surface area (TPSA) is 52.1 Å². The number of aromatic amines is 1. The van der Waals surface area contributed by atoms with Gasteiger partial charge in [-0.3, -0.25) is 10.00 Å². The first-order valence-electron chi connectivity index (χ1n) is 7.28. The van der Waals surface area contributed by atoms with Crippen molar-refractivity contribution in [3.8, 4) is 0 Å². The molecule has 1 aromatic carbocycles. The van der Waals surface area contributed by atoms with E-state index in [2.05, 4.69) is 27.2 Å². The summed E-state index contributed by atoms with van der Waals surface area (Å²) in [4.78, 5) is 2.53. The number of hydrogen-bond acceptors (Lipinski definition) is 3. The first kappa shape index (κ1) is 13.3. The van der Waals surface area contributed by atoms with Crippen LogP contribution in [0.1, 0.15) is 42.0 Å². The molecular formula is C16H21N3O. The number of aliphatic hydroxyl groups is 1. The van der Waals surface area contributed by atoms with Gasteiger partial charge in [-0.2, -0.15) is 5.10 Å². The van der Waals surface area contributed by atoms with Gasteiger partial charge in [0.2, 0.25) is 0 Å². The van der Waals surface area contributed by atoms with E-state index in [4.69, 9.17) is 5.11 Å². The van der Waals surface area contributed by atoms with Crippen molar-refractivity contribution in [2.24, 2.45) is 0 Å². The molecule has 0 aliphatic carbocycles. The highest BCUT2D eigenvalue weighted by Crippen LogP contribution is 2.31. The number of H-pyrrole nitrogens is 1. The first-order valence-corrected chi connectivity index (χ1v) is 7.28. The van der Waals surface area contributed by atoms with Gasteiger partial charge in [-0.25, -0.2) is 0 Å². The Morgan fingerprint density at radius 3 is 2.70 bits per heavy atom. The van der Waals surface area contributed by atoms with E-state index >= 15 is 0 Å². The predicted molar refractivity (Wildman–Crippen MR) is 78.0 cm³/mol. The summed E-state index contributed by atoms with van der Waals surface area (Å²) in [7, 11) is 0. The van der Waals surface area contributed by atoms with Crippen molar-refractivity contribution in [3.05, 3.63) is 53.3 Å². The molecule has 1 unspecified atom stereocenters. The Kier molecular flexibility index (Phi) is 4.14. The van der Waals surface area contributed by atoms with Crippen LogP contribution in [0.25, 0.3) is 0 Å². The molecule has 1 aromatic heterocycles. The smallest absolute Gasteiger partial charge is 0.0681 e. The molecule has 106 valence electrons. The summed E-state index contributed by atoms with van der Waals surface area (Å²) in [5, 5.41) is 16.1. The molecule has 1 aliphatic heterocycles. The highest BCUT2D eigenvalue weighted by atomic mass is 16.3. The summed E-state index contributed by atoms with van der Waals surface area (Å²) in [6, 6.07) is 8.72. The van der Waals surface area contributed by atoms with Crippen molar-refractivity contribution in [3.63, 3.8) is 0 Å². The minimum absolute atomic E-state index is 0.113. The van der Waals surface area contributed by atoms with E-state index in [0.29, 0.717) is 6.04 Å². The van der Waals surface area contributed by atoms with E-state index in [0.717, 1.165) is 18.7 Å². The van der Waals surface area contributed by atoms with Gasteiger partial charge < -0.3 is 5.11 Å². The van der Waals surface area contributed by atoms with Crippen molar-refractivity contribution in [2.45, 2.75) is 38.5 Å². The standard InChI is InChI=1S/C16H21N3O/c20-12-14-6-4-13(5-7-14)11-19-8-2-1-3-16(19)15-9-17-18-10-15/h4-7,9-10,16,20H,1-3,8,11-12H2,(H,17,18). The second-order valence-corrected chi connectivity index (χ2v) is 5.49. The zero-order chi connectivity index (χ0) is 13.8. The van der Waals surface area contributed by atoms with Crippen LogP contribution >= 0.6 is 0 Å². The van der Waals surface area contributed by atoms with Gasteiger partial charge in [-0.05, 0) is 30.5 Å². The fourth-order valence-electron chi connectivity index (χ4n) is 2.99. The molecule has 0 spiro atoms. The molecule has 4 heteroatoms. The van der Waals surface area contributed by atoms with Gasteiger partial charge in [0, 0.05) is 24.3 Å². The minimum Gasteiger partial charge on any atom is -0.392 e. The molecule has 0 radical (unpaired) electrons. The molecule has 20 heavy (non-hydrogen) atoms. The van der Waals surface area contributed by atoms with E-state index in [1.165, 1.54) is 30.4 Å². The summed E-state index contributed by atoms with van der Waals surface area (Å²) in [5.74, 6) is 0. The van der Waals surface area contributed by atoms with Crippen LogP contribution in [0.4, 0.5) is 0 Å². The molecule has 2 N–H and O–H groups in total. The van der Waals surface area contributed by atoms with Crippen molar-refractivity contribution in [2.75, 3.05) is 6.54 Å². The lowest BCUT2D eigenvalue weighted by Gasteiger charge is -2.35. The second kappa shape index (κ2) is 6.20. The van der Waals surface area contributed by atoms with Gasteiger partial charge in [0.1, 0.15) is 0 Å². The monoisotopic (exact) mass is 271 g/mol. The predicted octanol–water partition coefficient (Wildman–Crippen LogP) is 2.63. The Morgan fingerprint density at radius 2 is 2.00 bits per heavy atom. The minimum atomic E-state index is 0.113. The highest BCUT2D eigenvalue weighted by molar-refractivity contribution is 5.22. The zero-order valence-electron chi connectivity index (χ0n) is 11.6. The van der Waals surface area contributed by atoms with E-state index in [9.17, 15) is 0 Å². The molecule has 0 saturated carbocycles. The van der Waals surface area contributed by atoms with Crippen LogP contribution in [0.5, 0.6) is 0 Å². The summed E-state index contributed by atoms with van der Waals surface area (Å²) < 4.78 is 0. The summed E-state index contributed by atoms with van der Waals surface area (Å²) >= 11 is 0. The lowest BCUT2D eigenvalue weighted by atomic mass is 9.97. The molecule has 1 aliphatic rings. The number of benzene rings is 1. The molecule has 1 saturated heterocycles. The van der Waals surface area contributed by atoms with Crippen LogP contribution in [-0.2, 0) is 13.2 Å². The Morgan fingerprint density at radius 1 is 1.20 bits per heavy atom. The average Bonchev–Trinajstić information content (AvgIpc) is 3.03. The molecule has 3 rings (SSSR count). The fraction of sp³-hybridized carbons (Fsp3) is 0.438. The maximum absolute atomic E-state index is 9.10. The van der Waals surface area contributed by atoms with E-state index < -0.39 is 0 Å². The number of aliphatic hydroxyl groups excluding tert-OH is 1. The second-order valence-electron chi connectivity index (χ2n) is 5.49. The number of nitrogens with one attached hydrogen (secondary N) is 1. The Balaban J connectivity index is 1.73. The van der Waals surface area contributed by atoms with Gasteiger partial charge in [-0.1, -0.05) is 30.7 Å². The molecule has 2 heterocycles. The SMILES string of the molecule is OCc1ccc(CN2CCCCC2c2cn[nH]c2)cc1. The third kappa shape index (κ3) is 2.92. The summed E-state index contributed by atoms with van der Waals surface area (Å²) in [6.07, 6.45) is 7.71. The number of aromatic nitrogens is 2. The van der Waals surface area contributed by atoms with Gasteiger partial charge in [-0.15, -0.1) is 0 Å². The first-order chi connectivity index (χ1) is 9.86. The molecule has 2 aromatic rings. The lowest BCUT2D eigenvalue weighted by Crippen LogP contribution is -2.32. The normalized spacial score (nSPS) is 20.1. The molecular weight excluding hydrogens is 250 g/mol. The molecule has 1 fully saturated rings. The van der Waals surface area contributed by atoms with Crippen LogP contribution < -0.4 is 0 Å². The molecule has 4 nitrogen and oxygen atoms in total. The van der Waals surface area contributed by atoms with E-state index in [1.807, 2.05) is 24.5 Å². The van der Waals surface area contributed by atoms with Crippen molar-refractivity contribution in [1.82, 2.24) is 15.1 Å². The molecule has 1 atom stereocenters. The average molecular weight is 271 g/mol. The number of hydrogen-bond donors (Lipinski definition) is 2. The number of piperidine rings is 1. The van der Waals surface area contributed by atoms with Crippen molar-refractivity contribution < 1.29 is 5.11 Å². The third-order valence-corrected chi connectivity index (χ3v) is 4.11. The summed E-state index contributed by atoms with van der Waals surface area (Å²) in [6.45, 7) is 2.21. The van der Waals surface area contributed by atoms with Crippen molar-refractivity contribution in [1.29, 1.82) is 0 Å². The highest BCUT2D eigenvalue weighted by Gasteiger charge is 2.24. The Hall–Kier alpha value is -1.65. The fourth-order valence-corrected chi connectivity index (χ4v) is 2.99. The van der Waals surface area contributed by atoms with Crippen LogP contribution in [0.15, 0.2) is 36.7 Å². The maximum atomic E-state index is 9.10. The van der Waals surface area contributed by atoms with Gasteiger partial charge in [0.05, 0.1) is 12.8 Å². The molecule has 0 bridgehead atoms. The number of rotatable bonds is 4. The largest absolute Gasteiger partial charge is 0.392 e. The van der Waals surface area contributed by atoms with Gasteiger partial charge >= 0.3 is 0 Å². The zero-order valence-corrected chi connectivity index (χ0v) is 11.6. The maximum Gasteiger partial charge on any atom is 0.0681 e. The quantitative estimate of drug-likeness (QED) is 0.898. The van der Waals surface area contributed by atoms with Gasteiger partial charge in [0.25, 0.3) is 0 Å². The number of nitrogens with zero attached hydrogens (tertiary/aromatic N) is 2. The lowest BCUT2D eigenvalue weighted by molar-refractivity contribution is 0.140. The van der Waals surface area contributed by atoms with Gasteiger partial charge in [0.15, 0.2) is 0 Å². The Bertz CT molecular complexity index is 521. The van der Waals surface area contributed by atoms with E-state index in [-0.39, 0.29) is 6.61 Å². The van der Waals surface area contributed by atoms with E-state index in [1.54, 1.807) is 0 Å². The number of likely N-dealkylation sites (tertiary alicyclic amines) is 1. The Labute approximate surface area is 119 Å². The molecule has 0 amide bonds. The van der Waals surface area contributed by atoms with Crippen LogP contribution in [0, 0.1) is 0 Å². The van der Waals surface area contributed by atoms with Crippen LogP contribution in [0.3, 0.4) is 0 Å². The summed E-state index contributed by atoms with van der Waals surface area (Å²) in [5.41, 5.74) is 3.56. The third-order valence-electron chi connectivity index (χ3n) is 4.11. The van der Waals surface area contributed by atoms with Crippen LogP contribution in [-0.4, -0.2) is 26.7 Å².